The lowest BCUT2D eigenvalue weighted by Gasteiger charge is -2.27. The van der Waals surface area contributed by atoms with Crippen molar-refractivity contribution in [1.29, 1.82) is 5.26 Å². The fourth-order valence-electron chi connectivity index (χ4n) is 2.11. The average molecular weight is 312 g/mol. The Hall–Kier alpha value is -0.290. The molecule has 2 aliphatic rings. The third-order valence-corrected chi connectivity index (χ3v) is 6.72. The van der Waals surface area contributed by atoms with E-state index in [0.29, 0.717) is 12.0 Å². The number of hydrogen-bond donors (Lipinski definition) is 1. The van der Waals surface area contributed by atoms with Crippen LogP contribution in [0.3, 0.4) is 0 Å². The van der Waals surface area contributed by atoms with Crippen LogP contribution in [0.4, 0.5) is 0 Å². The van der Waals surface area contributed by atoms with Crippen molar-refractivity contribution in [3.63, 3.8) is 0 Å². The van der Waals surface area contributed by atoms with E-state index in [2.05, 4.69) is 21.6 Å². The minimum absolute atomic E-state index is 0.350. The molecule has 0 amide bonds. The summed E-state index contributed by atoms with van der Waals surface area (Å²) in [6.45, 7) is 0. The van der Waals surface area contributed by atoms with Crippen LogP contribution >= 0.6 is 34.9 Å². The summed E-state index contributed by atoms with van der Waals surface area (Å²) in [7, 11) is 0. The molecule has 1 unspecified atom stereocenters. The summed E-state index contributed by atoms with van der Waals surface area (Å²) < 4.78 is 1.97. The first-order valence-electron chi connectivity index (χ1n) is 6.45. The fraction of sp³-hybridized carbons (Fsp3) is 0.750. The molecule has 1 aromatic heterocycles. The number of hydrogen-bond acceptors (Lipinski definition) is 7. The Morgan fingerprint density at radius 3 is 2.63 bits per heavy atom. The van der Waals surface area contributed by atoms with Gasteiger partial charge in [0.05, 0.1) is 6.07 Å². The minimum Gasteiger partial charge on any atom is -0.296 e. The van der Waals surface area contributed by atoms with Crippen LogP contribution in [0.2, 0.25) is 0 Å². The van der Waals surface area contributed by atoms with Crippen molar-refractivity contribution >= 4 is 34.9 Å². The lowest BCUT2D eigenvalue weighted by Crippen LogP contribution is -2.49. The van der Waals surface area contributed by atoms with Crippen molar-refractivity contribution in [1.82, 2.24) is 15.5 Å². The third kappa shape index (κ3) is 3.24. The molecular formula is C12H16N4S3. The van der Waals surface area contributed by atoms with E-state index >= 15 is 0 Å². The maximum atomic E-state index is 9.63. The second-order valence-corrected chi connectivity index (χ2v) is 8.36. The van der Waals surface area contributed by atoms with E-state index in [9.17, 15) is 5.26 Å². The van der Waals surface area contributed by atoms with Crippen molar-refractivity contribution in [2.24, 2.45) is 5.92 Å². The Morgan fingerprint density at radius 1 is 1.37 bits per heavy atom. The molecule has 1 N–H and O–H groups in total. The van der Waals surface area contributed by atoms with E-state index in [0.717, 1.165) is 14.4 Å². The van der Waals surface area contributed by atoms with Crippen LogP contribution in [-0.2, 0) is 0 Å². The minimum atomic E-state index is -0.350. The molecule has 0 aromatic carbocycles. The van der Waals surface area contributed by atoms with Gasteiger partial charge in [-0.1, -0.05) is 34.9 Å². The molecule has 0 spiro atoms. The molecule has 1 aromatic rings. The molecular weight excluding hydrogens is 296 g/mol. The molecule has 0 bridgehead atoms. The maximum Gasteiger partial charge on any atom is 0.175 e. The number of nitriles is 1. The van der Waals surface area contributed by atoms with Crippen LogP contribution in [0.1, 0.15) is 25.7 Å². The molecule has 2 aliphatic carbocycles. The molecule has 1 atom stereocenters. The van der Waals surface area contributed by atoms with Crippen LogP contribution in [0.15, 0.2) is 8.68 Å². The summed E-state index contributed by atoms with van der Waals surface area (Å²) >= 11 is 4.91. The van der Waals surface area contributed by atoms with Gasteiger partial charge < -0.3 is 0 Å². The zero-order valence-electron chi connectivity index (χ0n) is 10.8. The molecule has 19 heavy (non-hydrogen) atoms. The Bertz CT molecular complexity index is 489. The van der Waals surface area contributed by atoms with Gasteiger partial charge in [0, 0.05) is 11.8 Å². The highest BCUT2D eigenvalue weighted by molar-refractivity contribution is 8.03. The van der Waals surface area contributed by atoms with Gasteiger partial charge in [-0.3, -0.25) is 5.32 Å². The zero-order valence-corrected chi connectivity index (χ0v) is 13.2. The zero-order chi connectivity index (χ0) is 13.3. The highest BCUT2D eigenvalue weighted by atomic mass is 32.2. The molecule has 3 rings (SSSR count). The summed E-state index contributed by atoms with van der Waals surface area (Å²) in [4.78, 5) is 0. The number of nitrogens with zero attached hydrogens (tertiary/aromatic N) is 3. The molecule has 2 saturated carbocycles. The quantitative estimate of drug-likeness (QED) is 0.781. The first-order chi connectivity index (χ1) is 9.25. The molecule has 0 aliphatic heterocycles. The van der Waals surface area contributed by atoms with Gasteiger partial charge in [0.15, 0.2) is 8.68 Å². The van der Waals surface area contributed by atoms with Gasteiger partial charge in [0.2, 0.25) is 0 Å². The van der Waals surface area contributed by atoms with Crippen molar-refractivity contribution < 1.29 is 0 Å². The topological polar surface area (TPSA) is 61.6 Å². The largest absolute Gasteiger partial charge is 0.296 e. The van der Waals surface area contributed by atoms with Crippen LogP contribution in [-0.4, -0.2) is 33.8 Å². The summed E-state index contributed by atoms with van der Waals surface area (Å²) in [5.74, 6) is 1.31. The Labute approximate surface area is 125 Å². The van der Waals surface area contributed by atoms with Crippen LogP contribution in [0.25, 0.3) is 0 Å². The van der Waals surface area contributed by atoms with E-state index in [1.54, 1.807) is 34.9 Å². The van der Waals surface area contributed by atoms with Crippen molar-refractivity contribution in [2.45, 2.75) is 45.9 Å². The average Bonchev–Trinajstić information content (AvgIpc) is 3.34. The smallest absolute Gasteiger partial charge is 0.175 e. The van der Waals surface area contributed by atoms with E-state index in [-0.39, 0.29) is 5.54 Å². The number of aromatic nitrogens is 2. The molecule has 7 heteroatoms. The summed E-state index contributed by atoms with van der Waals surface area (Å²) in [6.07, 6.45) is 6.81. The summed E-state index contributed by atoms with van der Waals surface area (Å²) in [5.41, 5.74) is -0.350. The Balaban J connectivity index is 1.65. The number of nitrogens with one attached hydrogen (secondary N) is 1. The van der Waals surface area contributed by atoms with Gasteiger partial charge in [-0.25, -0.2) is 0 Å². The number of rotatable bonds is 7. The predicted molar refractivity (Wildman–Crippen MR) is 79.6 cm³/mol. The molecule has 0 saturated heterocycles. The van der Waals surface area contributed by atoms with Gasteiger partial charge in [-0.15, -0.1) is 10.2 Å². The van der Waals surface area contributed by atoms with Gasteiger partial charge >= 0.3 is 0 Å². The highest BCUT2D eigenvalue weighted by Crippen LogP contribution is 2.44. The van der Waals surface area contributed by atoms with E-state index in [1.807, 2.05) is 6.26 Å². The molecule has 102 valence electrons. The fourth-order valence-corrected chi connectivity index (χ4v) is 4.76. The summed E-state index contributed by atoms with van der Waals surface area (Å²) in [5, 5.41) is 21.5. The first kappa shape index (κ1) is 13.7. The second-order valence-electron chi connectivity index (χ2n) is 5.10. The molecule has 0 radical (unpaired) electrons. The Morgan fingerprint density at radius 2 is 2.11 bits per heavy atom. The van der Waals surface area contributed by atoms with E-state index < -0.39 is 0 Å². The second kappa shape index (κ2) is 5.60. The van der Waals surface area contributed by atoms with Gasteiger partial charge in [-0.2, -0.15) is 5.26 Å². The van der Waals surface area contributed by atoms with E-state index in [4.69, 9.17) is 0 Å². The van der Waals surface area contributed by atoms with Crippen molar-refractivity contribution in [2.75, 3.05) is 12.0 Å². The van der Waals surface area contributed by atoms with Gasteiger partial charge in [0.25, 0.3) is 0 Å². The lowest BCUT2D eigenvalue weighted by molar-refractivity contribution is 0.401. The highest BCUT2D eigenvalue weighted by Gasteiger charge is 2.48. The predicted octanol–water partition coefficient (Wildman–Crippen LogP) is 2.78. The van der Waals surface area contributed by atoms with Crippen LogP contribution in [0.5, 0.6) is 0 Å². The van der Waals surface area contributed by atoms with Gasteiger partial charge in [0.1, 0.15) is 5.54 Å². The van der Waals surface area contributed by atoms with Crippen LogP contribution in [0, 0.1) is 17.2 Å². The maximum absolute atomic E-state index is 9.63. The molecule has 1 heterocycles. The normalized spacial score (nSPS) is 21.9. The van der Waals surface area contributed by atoms with Gasteiger partial charge in [-0.05, 0) is 37.9 Å². The van der Waals surface area contributed by atoms with Crippen molar-refractivity contribution in [3.8, 4) is 6.07 Å². The molecule has 4 nitrogen and oxygen atoms in total. The summed E-state index contributed by atoms with van der Waals surface area (Å²) in [6, 6.07) is 3.13. The lowest BCUT2D eigenvalue weighted by atomic mass is 9.97. The molecule has 2 fully saturated rings. The Kier molecular flexibility index (Phi) is 4.03. The SMILES string of the molecule is CSc1nnc(SCC(C#N)(NC2CC2)C2CC2)s1. The number of thioether (sulfide) groups is 2. The van der Waals surface area contributed by atoms with Crippen LogP contribution < -0.4 is 5.32 Å². The van der Waals surface area contributed by atoms with E-state index in [1.165, 1.54) is 25.7 Å². The monoisotopic (exact) mass is 312 g/mol. The van der Waals surface area contributed by atoms with Crippen molar-refractivity contribution in [3.05, 3.63) is 0 Å². The standard InChI is InChI=1S/C12H16N4S3/c1-17-10-15-16-11(19-10)18-7-12(6-13,8-2-3-8)14-9-4-5-9/h8-9,14H,2-5,7H2,1H3. The first-order valence-corrected chi connectivity index (χ1v) is 9.47. The third-order valence-electron chi connectivity index (χ3n) is 3.50.